The standard InChI is InChI=1S/C21H22BrF3O2/c1-13(2)3-10-19(22)17-9-4-14(12-20(26)27)11-18(17)15-5-7-16(8-6-15)21(23,24)25/h4-9,11,13,19H,3,10,12H2,1-2H3,(H,26,27). The summed E-state index contributed by atoms with van der Waals surface area (Å²) in [6, 6.07) is 10.4. The first kappa shape index (κ1) is 21.5. The topological polar surface area (TPSA) is 37.3 Å². The van der Waals surface area contributed by atoms with Gasteiger partial charge in [-0.05, 0) is 53.1 Å². The average molecular weight is 443 g/mol. The normalized spacial score (nSPS) is 13.0. The molecule has 0 aliphatic rings. The molecule has 0 aliphatic heterocycles. The molecule has 1 N–H and O–H groups in total. The summed E-state index contributed by atoms with van der Waals surface area (Å²) in [5.41, 5.74) is 2.26. The number of carbonyl (C=O) groups is 1. The Morgan fingerprint density at radius 2 is 1.70 bits per heavy atom. The molecule has 0 saturated heterocycles. The van der Waals surface area contributed by atoms with Gasteiger partial charge in [-0.25, -0.2) is 0 Å². The van der Waals surface area contributed by atoms with E-state index in [2.05, 4.69) is 29.8 Å². The summed E-state index contributed by atoms with van der Waals surface area (Å²) in [5.74, 6) is -0.415. The molecule has 2 aromatic carbocycles. The van der Waals surface area contributed by atoms with Crippen LogP contribution >= 0.6 is 15.9 Å². The number of rotatable bonds is 7. The van der Waals surface area contributed by atoms with Gasteiger partial charge in [0.15, 0.2) is 0 Å². The Bertz CT molecular complexity index is 783. The summed E-state index contributed by atoms with van der Waals surface area (Å²) in [4.78, 5) is 11.1. The molecule has 27 heavy (non-hydrogen) atoms. The summed E-state index contributed by atoms with van der Waals surface area (Å²) in [6.07, 6.45) is -2.64. The van der Waals surface area contributed by atoms with Gasteiger partial charge in [0, 0.05) is 4.83 Å². The fourth-order valence-corrected chi connectivity index (χ4v) is 3.55. The van der Waals surface area contributed by atoms with Crippen LogP contribution in [-0.2, 0) is 17.4 Å². The lowest BCUT2D eigenvalue weighted by Gasteiger charge is -2.18. The van der Waals surface area contributed by atoms with E-state index < -0.39 is 17.7 Å². The second-order valence-electron chi connectivity index (χ2n) is 7.01. The van der Waals surface area contributed by atoms with Gasteiger partial charge in [0.25, 0.3) is 0 Å². The first-order chi connectivity index (χ1) is 12.6. The minimum absolute atomic E-state index is 0.0380. The SMILES string of the molecule is CC(C)CCC(Br)c1ccc(CC(=O)O)cc1-c1ccc(C(F)(F)F)cc1. The van der Waals surface area contributed by atoms with Crippen molar-refractivity contribution in [3.8, 4) is 11.1 Å². The summed E-state index contributed by atoms with van der Waals surface area (Å²) in [5, 5.41) is 9.04. The largest absolute Gasteiger partial charge is 0.481 e. The lowest BCUT2D eigenvalue weighted by atomic mass is 9.92. The molecular formula is C21H22BrF3O2. The zero-order valence-corrected chi connectivity index (χ0v) is 16.8. The monoisotopic (exact) mass is 442 g/mol. The van der Waals surface area contributed by atoms with Crippen LogP contribution in [-0.4, -0.2) is 11.1 Å². The fraction of sp³-hybridized carbons (Fsp3) is 0.381. The molecule has 1 unspecified atom stereocenters. The number of benzene rings is 2. The Balaban J connectivity index is 2.44. The van der Waals surface area contributed by atoms with E-state index in [0.29, 0.717) is 17.0 Å². The summed E-state index contributed by atoms with van der Waals surface area (Å²) in [6.45, 7) is 4.26. The van der Waals surface area contributed by atoms with Crippen LogP contribution in [0.3, 0.4) is 0 Å². The molecule has 0 heterocycles. The third-order valence-electron chi connectivity index (χ3n) is 4.33. The number of hydrogen-bond donors (Lipinski definition) is 1. The van der Waals surface area contributed by atoms with Crippen molar-refractivity contribution in [3.05, 3.63) is 59.2 Å². The fourth-order valence-electron chi connectivity index (χ4n) is 2.89. The Hall–Kier alpha value is -1.82. The maximum absolute atomic E-state index is 12.8. The van der Waals surface area contributed by atoms with Crippen molar-refractivity contribution < 1.29 is 23.1 Å². The van der Waals surface area contributed by atoms with Gasteiger partial charge in [0.2, 0.25) is 0 Å². The Morgan fingerprint density at radius 1 is 1.07 bits per heavy atom. The lowest BCUT2D eigenvalue weighted by molar-refractivity contribution is -0.138. The van der Waals surface area contributed by atoms with E-state index >= 15 is 0 Å². The Kier molecular flexibility index (Phi) is 7.09. The van der Waals surface area contributed by atoms with E-state index in [1.165, 1.54) is 12.1 Å². The molecule has 2 aromatic rings. The maximum atomic E-state index is 12.8. The van der Waals surface area contributed by atoms with Crippen LogP contribution in [0.15, 0.2) is 42.5 Å². The van der Waals surface area contributed by atoms with Crippen molar-refractivity contribution in [2.24, 2.45) is 5.92 Å². The van der Waals surface area contributed by atoms with Gasteiger partial charge >= 0.3 is 12.1 Å². The van der Waals surface area contributed by atoms with Crippen molar-refractivity contribution in [2.75, 3.05) is 0 Å². The van der Waals surface area contributed by atoms with Crippen molar-refractivity contribution in [3.63, 3.8) is 0 Å². The molecule has 0 aliphatic carbocycles. The van der Waals surface area contributed by atoms with Crippen LogP contribution in [0.4, 0.5) is 13.2 Å². The number of alkyl halides is 4. The van der Waals surface area contributed by atoms with E-state index in [4.69, 9.17) is 5.11 Å². The van der Waals surface area contributed by atoms with E-state index in [1.54, 1.807) is 12.1 Å². The molecule has 2 rings (SSSR count). The van der Waals surface area contributed by atoms with Crippen molar-refractivity contribution in [1.29, 1.82) is 0 Å². The van der Waals surface area contributed by atoms with E-state index in [-0.39, 0.29) is 11.2 Å². The van der Waals surface area contributed by atoms with Crippen LogP contribution < -0.4 is 0 Å². The molecular weight excluding hydrogens is 421 g/mol. The number of carboxylic acid groups (broad SMARTS) is 1. The number of hydrogen-bond acceptors (Lipinski definition) is 1. The number of aliphatic carboxylic acids is 1. The smallest absolute Gasteiger partial charge is 0.416 e. The Labute approximate surface area is 165 Å². The predicted molar refractivity (Wildman–Crippen MR) is 104 cm³/mol. The summed E-state index contributed by atoms with van der Waals surface area (Å²) < 4.78 is 38.5. The van der Waals surface area contributed by atoms with Crippen molar-refractivity contribution >= 4 is 21.9 Å². The molecule has 0 radical (unpaired) electrons. The molecule has 146 valence electrons. The lowest BCUT2D eigenvalue weighted by Crippen LogP contribution is -2.05. The predicted octanol–water partition coefficient (Wildman–Crippen LogP) is 6.87. The molecule has 6 heteroatoms. The van der Waals surface area contributed by atoms with Crippen LogP contribution in [0.25, 0.3) is 11.1 Å². The van der Waals surface area contributed by atoms with Crippen LogP contribution in [0, 0.1) is 5.92 Å². The van der Waals surface area contributed by atoms with E-state index in [9.17, 15) is 18.0 Å². The summed E-state index contributed by atoms with van der Waals surface area (Å²) >= 11 is 3.69. The zero-order valence-electron chi connectivity index (χ0n) is 15.2. The van der Waals surface area contributed by atoms with Gasteiger partial charge < -0.3 is 5.11 Å². The van der Waals surface area contributed by atoms with Gasteiger partial charge in [0.1, 0.15) is 0 Å². The Morgan fingerprint density at radius 3 is 2.22 bits per heavy atom. The quantitative estimate of drug-likeness (QED) is 0.474. The molecule has 0 amide bonds. The van der Waals surface area contributed by atoms with E-state index in [0.717, 1.165) is 36.1 Å². The van der Waals surface area contributed by atoms with Crippen LogP contribution in [0.5, 0.6) is 0 Å². The average Bonchev–Trinajstić information content (AvgIpc) is 2.58. The third-order valence-corrected chi connectivity index (χ3v) is 5.28. The highest BCUT2D eigenvalue weighted by Gasteiger charge is 2.30. The number of carboxylic acids is 1. The molecule has 0 bridgehead atoms. The van der Waals surface area contributed by atoms with Gasteiger partial charge in [-0.2, -0.15) is 13.2 Å². The van der Waals surface area contributed by atoms with Gasteiger partial charge in [0.05, 0.1) is 12.0 Å². The van der Waals surface area contributed by atoms with Gasteiger partial charge in [-0.1, -0.05) is 60.1 Å². The first-order valence-electron chi connectivity index (χ1n) is 8.74. The van der Waals surface area contributed by atoms with Crippen LogP contribution in [0.1, 0.15) is 48.2 Å². The minimum Gasteiger partial charge on any atom is -0.481 e. The third kappa shape index (κ3) is 6.09. The highest BCUT2D eigenvalue weighted by atomic mass is 79.9. The van der Waals surface area contributed by atoms with Crippen LogP contribution in [0.2, 0.25) is 0 Å². The van der Waals surface area contributed by atoms with Gasteiger partial charge in [-0.15, -0.1) is 0 Å². The molecule has 2 nitrogen and oxygen atoms in total. The number of halogens is 4. The highest BCUT2D eigenvalue weighted by molar-refractivity contribution is 9.09. The molecule has 0 saturated carbocycles. The second-order valence-corrected chi connectivity index (χ2v) is 8.11. The highest BCUT2D eigenvalue weighted by Crippen LogP contribution is 2.38. The van der Waals surface area contributed by atoms with Gasteiger partial charge in [-0.3, -0.25) is 4.79 Å². The van der Waals surface area contributed by atoms with Crippen molar-refractivity contribution in [2.45, 2.75) is 44.1 Å². The minimum atomic E-state index is -4.39. The van der Waals surface area contributed by atoms with E-state index in [1.807, 2.05) is 6.07 Å². The van der Waals surface area contributed by atoms with Crippen molar-refractivity contribution in [1.82, 2.24) is 0 Å². The summed E-state index contributed by atoms with van der Waals surface area (Å²) in [7, 11) is 0. The zero-order chi connectivity index (χ0) is 20.2. The molecule has 1 atom stereocenters. The molecule has 0 spiro atoms. The molecule has 0 fully saturated rings. The first-order valence-corrected chi connectivity index (χ1v) is 9.65. The maximum Gasteiger partial charge on any atom is 0.416 e. The second kappa shape index (κ2) is 8.91. The molecule has 0 aromatic heterocycles.